The molecule has 2 saturated heterocycles. The van der Waals surface area contributed by atoms with Crippen molar-refractivity contribution in [2.45, 2.75) is 11.3 Å². The summed E-state index contributed by atoms with van der Waals surface area (Å²) in [5, 5.41) is 3.44. The fourth-order valence-corrected chi connectivity index (χ4v) is 3.80. The maximum Gasteiger partial charge on any atom is 0.254 e. The van der Waals surface area contributed by atoms with E-state index in [4.69, 9.17) is 0 Å². The van der Waals surface area contributed by atoms with Crippen molar-refractivity contribution in [3.63, 3.8) is 0 Å². The van der Waals surface area contributed by atoms with Crippen LogP contribution >= 0.6 is 11.8 Å². The molecular weight excluding hydrogens is 256 g/mol. The van der Waals surface area contributed by atoms with Gasteiger partial charge in [-0.15, -0.1) is 11.8 Å². The molecule has 2 unspecified atom stereocenters. The van der Waals surface area contributed by atoms with Gasteiger partial charge in [0.25, 0.3) is 5.91 Å². The van der Waals surface area contributed by atoms with Gasteiger partial charge >= 0.3 is 0 Å². The van der Waals surface area contributed by atoms with Gasteiger partial charge < -0.3 is 10.2 Å². The van der Waals surface area contributed by atoms with Crippen molar-refractivity contribution in [1.82, 2.24) is 10.2 Å². The number of hydrogen-bond acceptors (Lipinski definition) is 3. The number of nitrogens with one attached hydrogen (secondary N) is 1. The quantitative estimate of drug-likeness (QED) is 0.840. The molecule has 3 rings (SSSR count). The second kappa shape index (κ2) is 5.55. The monoisotopic (exact) mass is 276 g/mol. The van der Waals surface area contributed by atoms with Crippen LogP contribution in [0, 0.1) is 11.8 Å². The fraction of sp³-hybridized carbons (Fsp3) is 0.533. The van der Waals surface area contributed by atoms with E-state index in [0.29, 0.717) is 5.92 Å². The highest BCUT2D eigenvalue weighted by molar-refractivity contribution is 7.98. The number of carbonyl (C=O) groups excluding carboxylic acids is 1. The van der Waals surface area contributed by atoms with E-state index in [1.54, 1.807) is 11.8 Å². The lowest BCUT2D eigenvalue weighted by atomic mass is 9.88. The van der Waals surface area contributed by atoms with Gasteiger partial charge in [0.2, 0.25) is 0 Å². The first-order chi connectivity index (χ1) is 9.29. The highest BCUT2D eigenvalue weighted by Gasteiger charge is 2.34. The topological polar surface area (TPSA) is 32.3 Å². The third-order valence-electron chi connectivity index (χ3n) is 4.33. The van der Waals surface area contributed by atoms with Crippen LogP contribution in [0.25, 0.3) is 0 Å². The van der Waals surface area contributed by atoms with Crippen molar-refractivity contribution >= 4 is 17.7 Å². The number of carbonyl (C=O) groups is 1. The Labute approximate surface area is 118 Å². The van der Waals surface area contributed by atoms with Crippen molar-refractivity contribution in [3.05, 3.63) is 29.8 Å². The van der Waals surface area contributed by atoms with Crippen LogP contribution in [-0.2, 0) is 0 Å². The standard InChI is InChI=1S/C15H20N2OS/c1-19-14-5-3-2-4-13(14)15(18)17-7-6-11-8-16-9-12(11)10-17/h2-5,11-12,16H,6-10H2,1H3. The minimum absolute atomic E-state index is 0.204. The molecule has 1 aromatic carbocycles. The number of fused-ring (bicyclic) bond motifs is 1. The van der Waals surface area contributed by atoms with Crippen LogP contribution in [0.1, 0.15) is 16.8 Å². The van der Waals surface area contributed by atoms with Crippen LogP contribution in [0.15, 0.2) is 29.2 Å². The predicted octanol–water partition coefficient (Wildman–Crippen LogP) is 2.09. The molecule has 0 saturated carbocycles. The third-order valence-corrected chi connectivity index (χ3v) is 5.12. The summed E-state index contributed by atoms with van der Waals surface area (Å²) in [5.74, 6) is 1.63. The van der Waals surface area contributed by atoms with Crippen molar-refractivity contribution < 1.29 is 4.79 Å². The molecule has 0 aromatic heterocycles. The summed E-state index contributed by atoms with van der Waals surface area (Å²) < 4.78 is 0. The number of rotatable bonds is 2. The summed E-state index contributed by atoms with van der Waals surface area (Å²) in [6, 6.07) is 7.93. The first kappa shape index (κ1) is 13.0. The predicted molar refractivity (Wildman–Crippen MR) is 78.6 cm³/mol. The van der Waals surface area contributed by atoms with Crippen molar-refractivity contribution in [3.8, 4) is 0 Å². The summed E-state index contributed by atoms with van der Waals surface area (Å²) in [6.45, 7) is 4.02. The minimum atomic E-state index is 0.204. The molecule has 4 heteroatoms. The van der Waals surface area contributed by atoms with Crippen LogP contribution in [0.4, 0.5) is 0 Å². The molecule has 2 aliphatic rings. The average molecular weight is 276 g/mol. The smallest absolute Gasteiger partial charge is 0.254 e. The third kappa shape index (κ3) is 2.51. The van der Waals surface area contributed by atoms with Crippen LogP contribution in [0.5, 0.6) is 0 Å². The van der Waals surface area contributed by atoms with Crippen LogP contribution in [0.3, 0.4) is 0 Å². The number of likely N-dealkylation sites (tertiary alicyclic amines) is 1. The van der Waals surface area contributed by atoms with Gasteiger partial charge in [-0.1, -0.05) is 12.1 Å². The Morgan fingerprint density at radius 2 is 2.11 bits per heavy atom. The van der Waals surface area contributed by atoms with E-state index in [1.807, 2.05) is 35.4 Å². The number of nitrogens with zero attached hydrogens (tertiary/aromatic N) is 1. The van der Waals surface area contributed by atoms with Crippen LogP contribution < -0.4 is 5.32 Å². The highest BCUT2D eigenvalue weighted by Crippen LogP contribution is 2.29. The second-order valence-electron chi connectivity index (χ2n) is 5.42. The molecule has 1 N–H and O–H groups in total. The summed E-state index contributed by atoms with van der Waals surface area (Å²) in [4.78, 5) is 15.8. The Morgan fingerprint density at radius 3 is 2.95 bits per heavy atom. The zero-order valence-corrected chi connectivity index (χ0v) is 12.1. The molecule has 2 fully saturated rings. The maximum atomic E-state index is 12.7. The lowest BCUT2D eigenvalue weighted by Gasteiger charge is -2.34. The molecule has 102 valence electrons. The molecule has 3 nitrogen and oxygen atoms in total. The van der Waals surface area contributed by atoms with E-state index in [1.165, 1.54) is 0 Å². The number of benzene rings is 1. The van der Waals surface area contributed by atoms with Gasteiger partial charge in [0.15, 0.2) is 0 Å². The van der Waals surface area contributed by atoms with Gasteiger partial charge in [0, 0.05) is 18.0 Å². The largest absolute Gasteiger partial charge is 0.338 e. The Kier molecular flexibility index (Phi) is 3.80. The molecule has 0 bridgehead atoms. The lowest BCUT2D eigenvalue weighted by molar-refractivity contribution is 0.0639. The Hall–Kier alpha value is -1.00. The molecule has 0 radical (unpaired) electrons. The summed E-state index contributed by atoms with van der Waals surface area (Å²) in [7, 11) is 0. The Balaban J connectivity index is 1.76. The summed E-state index contributed by atoms with van der Waals surface area (Å²) >= 11 is 1.65. The van der Waals surface area contributed by atoms with Crippen molar-refractivity contribution in [1.29, 1.82) is 0 Å². The summed E-state index contributed by atoms with van der Waals surface area (Å²) in [6.07, 6.45) is 3.17. The van der Waals surface area contributed by atoms with Gasteiger partial charge in [0.05, 0.1) is 5.56 Å². The second-order valence-corrected chi connectivity index (χ2v) is 6.27. The normalized spacial score (nSPS) is 26.3. The van der Waals surface area contributed by atoms with Crippen LogP contribution in [-0.4, -0.2) is 43.2 Å². The molecule has 2 atom stereocenters. The lowest BCUT2D eigenvalue weighted by Crippen LogP contribution is -2.43. The maximum absolute atomic E-state index is 12.7. The van der Waals surface area contributed by atoms with E-state index in [-0.39, 0.29) is 5.91 Å². The zero-order valence-electron chi connectivity index (χ0n) is 11.3. The Morgan fingerprint density at radius 1 is 1.32 bits per heavy atom. The molecular formula is C15H20N2OS. The van der Waals surface area contributed by atoms with Gasteiger partial charge in [-0.3, -0.25) is 4.79 Å². The van der Waals surface area contributed by atoms with E-state index >= 15 is 0 Å². The van der Waals surface area contributed by atoms with E-state index in [9.17, 15) is 4.79 Å². The molecule has 1 amide bonds. The zero-order chi connectivity index (χ0) is 13.2. The number of piperidine rings is 1. The van der Waals surface area contributed by atoms with Gasteiger partial charge in [-0.2, -0.15) is 0 Å². The van der Waals surface area contributed by atoms with Gasteiger partial charge in [-0.25, -0.2) is 0 Å². The average Bonchev–Trinajstić information content (AvgIpc) is 2.93. The van der Waals surface area contributed by atoms with Crippen LogP contribution in [0.2, 0.25) is 0 Å². The first-order valence-corrected chi connectivity index (χ1v) is 8.15. The van der Waals surface area contributed by atoms with E-state index in [2.05, 4.69) is 5.32 Å². The number of thioether (sulfide) groups is 1. The van der Waals surface area contributed by atoms with Crippen molar-refractivity contribution in [2.75, 3.05) is 32.4 Å². The number of amides is 1. The minimum Gasteiger partial charge on any atom is -0.338 e. The summed E-state index contributed by atoms with van der Waals surface area (Å²) in [5.41, 5.74) is 0.861. The SMILES string of the molecule is CSc1ccccc1C(=O)N1CCC2CNCC2C1. The van der Waals surface area contributed by atoms with Crippen molar-refractivity contribution in [2.24, 2.45) is 11.8 Å². The first-order valence-electron chi connectivity index (χ1n) is 6.92. The fourth-order valence-electron chi connectivity index (χ4n) is 3.21. The molecule has 1 aromatic rings. The molecule has 0 spiro atoms. The Bertz CT molecular complexity index is 477. The van der Waals surface area contributed by atoms with E-state index < -0.39 is 0 Å². The molecule has 19 heavy (non-hydrogen) atoms. The molecule has 2 aliphatic heterocycles. The molecule has 2 heterocycles. The number of hydrogen-bond donors (Lipinski definition) is 1. The van der Waals surface area contributed by atoms with E-state index in [0.717, 1.165) is 49.0 Å². The molecule has 0 aliphatic carbocycles. The van der Waals surface area contributed by atoms with Gasteiger partial charge in [0.1, 0.15) is 0 Å². The highest BCUT2D eigenvalue weighted by atomic mass is 32.2. The van der Waals surface area contributed by atoms with Gasteiger partial charge in [-0.05, 0) is 49.7 Å².